The quantitative estimate of drug-likeness (QED) is 0.724. The Morgan fingerprint density at radius 1 is 1.31 bits per heavy atom. The second-order valence-corrected chi connectivity index (χ2v) is 5.61. The van der Waals surface area contributed by atoms with E-state index in [9.17, 15) is 0 Å². The summed E-state index contributed by atoms with van der Waals surface area (Å²) in [5.41, 5.74) is 7.32. The van der Waals surface area contributed by atoms with Gasteiger partial charge in [0.15, 0.2) is 0 Å². The fourth-order valence-corrected chi connectivity index (χ4v) is 2.67. The van der Waals surface area contributed by atoms with Crippen molar-refractivity contribution in [2.45, 2.75) is 64.8 Å². The summed E-state index contributed by atoms with van der Waals surface area (Å²) in [4.78, 5) is 4.60. The summed E-state index contributed by atoms with van der Waals surface area (Å²) in [6, 6.07) is 0.148. The molecule has 0 bridgehead atoms. The van der Waals surface area contributed by atoms with E-state index in [1.807, 2.05) is 0 Å². The van der Waals surface area contributed by atoms with Gasteiger partial charge in [-0.15, -0.1) is 11.3 Å². The summed E-state index contributed by atoms with van der Waals surface area (Å²) in [5, 5.41) is 3.26. The molecular weight excluding hydrogens is 216 g/mol. The van der Waals surface area contributed by atoms with Crippen molar-refractivity contribution in [1.29, 1.82) is 0 Å². The predicted molar refractivity (Wildman–Crippen MR) is 71.9 cm³/mol. The molecule has 1 aromatic heterocycles. The van der Waals surface area contributed by atoms with Gasteiger partial charge in [-0.2, -0.15) is 0 Å². The highest BCUT2D eigenvalue weighted by molar-refractivity contribution is 7.09. The molecule has 1 unspecified atom stereocenters. The molecule has 3 heteroatoms. The Hall–Kier alpha value is -0.410. The van der Waals surface area contributed by atoms with Gasteiger partial charge in [-0.1, -0.05) is 46.5 Å². The van der Waals surface area contributed by atoms with E-state index in [4.69, 9.17) is 5.73 Å². The first-order valence-electron chi connectivity index (χ1n) is 6.36. The van der Waals surface area contributed by atoms with Crippen molar-refractivity contribution in [3.05, 3.63) is 16.1 Å². The molecule has 0 aromatic carbocycles. The van der Waals surface area contributed by atoms with E-state index in [1.165, 1.54) is 31.4 Å². The predicted octanol–water partition coefficient (Wildman–Crippen LogP) is 4.24. The minimum Gasteiger partial charge on any atom is -0.322 e. The molecule has 0 spiro atoms. The van der Waals surface area contributed by atoms with Crippen LogP contribution in [0.3, 0.4) is 0 Å². The van der Waals surface area contributed by atoms with Gasteiger partial charge in [0.2, 0.25) is 0 Å². The standard InChI is InChI=1S/C13H24N2S/c1-4-5-6-7-8-11(14)13-15-12(9-16-13)10(2)3/h9-11H,4-8,14H2,1-3H3. The number of thiazole rings is 1. The Balaban J connectivity index is 2.37. The van der Waals surface area contributed by atoms with E-state index in [0.29, 0.717) is 5.92 Å². The number of aromatic nitrogens is 1. The molecule has 0 aliphatic heterocycles. The first-order chi connectivity index (χ1) is 7.65. The molecule has 0 amide bonds. The third kappa shape index (κ3) is 4.22. The van der Waals surface area contributed by atoms with Crippen LogP contribution in [0.15, 0.2) is 5.38 Å². The zero-order valence-corrected chi connectivity index (χ0v) is 11.5. The number of unbranched alkanes of at least 4 members (excludes halogenated alkanes) is 3. The fourth-order valence-electron chi connectivity index (χ4n) is 1.65. The number of hydrogen-bond donors (Lipinski definition) is 1. The maximum absolute atomic E-state index is 6.14. The van der Waals surface area contributed by atoms with Gasteiger partial charge < -0.3 is 5.73 Å². The van der Waals surface area contributed by atoms with Gasteiger partial charge in [0.05, 0.1) is 11.7 Å². The molecule has 0 saturated heterocycles. The summed E-state index contributed by atoms with van der Waals surface area (Å²) in [6.45, 7) is 6.58. The number of hydrogen-bond acceptors (Lipinski definition) is 3. The van der Waals surface area contributed by atoms with Crippen molar-refractivity contribution in [3.8, 4) is 0 Å². The maximum atomic E-state index is 6.14. The molecule has 2 N–H and O–H groups in total. The van der Waals surface area contributed by atoms with Crippen LogP contribution in [0.2, 0.25) is 0 Å². The fraction of sp³-hybridized carbons (Fsp3) is 0.769. The molecular formula is C13H24N2S. The van der Waals surface area contributed by atoms with Crippen molar-refractivity contribution >= 4 is 11.3 Å². The van der Waals surface area contributed by atoms with Crippen LogP contribution < -0.4 is 5.73 Å². The second kappa shape index (κ2) is 7.02. The van der Waals surface area contributed by atoms with Crippen molar-refractivity contribution in [1.82, 2.24) is 4.98 Å². The molecule has 16 heavy (non-hydrogen) atoms. The minimum absolute atomic E-state index is 0.148. The van der Waals surface area contributed by atoms with Crippen LogP contribution in [-0.2, 0) is 0 Å². The van der Waals surface area contributed by atoms with Gasteiger partial charge in [0, 0.05) is 5.38 Å². The van der Waals surface area contributed by atoms with E-state index < -0.39 is 0 Å². The first kappa shape index (κ1) is 13.7. The zero-order valence-electron chi connectivity index (χ0n) is 10.7. The summed E-state index contributed by atoms with van der Waals surface area (Å²) < 4.78 is 0. The third-order valence-corrected chi connectivity index (χ3v) is 3.81. The number of nitrogens with zero attached hydrogens (tertiary/aromatic N) is 1. The van der Waals surface area contributed by atoms with E-state index in [2.05, 4.69) is 31.1 Å². The lowest BCUT2D eigenvalue weighted by molar-refractivity contribution is 0.563. The Kier molecular flexibility index (Phi) is 5.99. The van der Waals surface area contributed by atoms with Gasteiger partial charge in [0.25, 0.3) is 0 Å². The van der Waals surface area contributed by atoms with E-state index in [0.717, 1.165) is 11.4 Å². The molecule has 1 heterocycles. The molecule has 92 valence electrons. The summed E-state index contributed by atoms with van der Waals surface area (Å²) in [5.74, 6) is 0.511. The highest BCUT2D eigenvalue weighted by atomic mass is 32.1. The molecule has 1 atom stereocenters. The summed E-state index contributed by atoms with van der Waals surface area (Å²) in [7, 11) is 0. The number of nitrogens with two attached hydrogens (primary N) is 1. The average molecular weight is 240 g/mol. The lowest BCUT2D eigenvalue weighted by Crippen LogP contribution is -2.10. The highest BCUT2D eigenvalue weighted by Gasteiger charge is 2.11. The number of rotatable bonds is 7. The molecule has 0 radical (unpaired) electrons. The molecule has 0 saturated carbocycles. The molecule has 0 aliphatic carbocycles. The Morgan fingerprint density at radius 2 is 2.06 bits per heavy atom. The SMILES string of the molecule is CCCCCCC(N)c1nc(C(C)C)cs1. The van der Waals surface area contributed by atoms with Crippen molar-refractivity contribution in [3.63, 3.8) is 0 Å². The smallest absolute Gasteiger partial charge is 0.110 e. The van der Waals surface area contributed by atoms with Gasteiger partial charge >= 0.3 is 0 Å². The molecule has 0 fully saturated rings. The Bertz CT molecular complexity index is 294. The van der Waals surface area contributed by atoms with Crippen LogP contribution in [0.25, 0.3) is 0 Å². The molecule has 1 rings (SSSR count). The lowest BCUT2D eigenvalue weighted by atomic mass is 10.1. The van der Waals surface area contributed by atoms with Crippen molar-refractivity contribution < 1.29 is 0 Å². The lowest BCUT2D eigenvalue weighted by Gasteiger charge is -2.07. The van der Waals surface area contributed by atoms with E-state index in [1.54, 1.807) is 11.3 Å². The molecule has 1 aromatic rings. The second-order valence-electron chi connectivity index (χ2n) is 4.72. The van der Waals surface area contributed by atoms with Crippen LogP contribution in [0.4, 0.5) is 0 Å². The Labute approximate surface area is 103 Å². The normalized spacial score (nSPS) is 13.3. The van der Waals surface area contributed by atoms with Gasteiger partial charge in [-0.3, -0.25) is 0 Å². The molecule has 0 aliphatic rings. The van der Waals surface area contributed by atoms with Gasteiger partial charge in [0.1, 0.15) is 5.01 Å². The van der Waals surface area contributed by atoms with Crippen molar-refractivity contribution in [2.24, 2.45) is 5.73 Å². The summed E-state index contributed by atoms with van der Waals surface area (Å²) in [6.07, 6.45) is 6.20. The topological polar surface area (TPSA) is 38.9 Å². The maximum Gasteiger partial charge on any atom is 0.110 e. The van der Waals surface area contributed by atoms with Gasteiger partial charge in [-0.25, -0.2) is 4.98 Å². The third-order valence-electron chi connectivity index (χ3n) is 2.82. The van der Waals surface area contributed by atoms with Crippen molar-refractivity contribution in [2.75, 3.05) is 0 Å². The van der Waals surface area contributed by atoms with Crippen LogP contribution in [-0.4, -0.2) is 4.98 Å². The van der Waals surface area contributed by atoms with Gasteiger partial charge in [-0.05, 0) is 12.3 Å². The van der Waals surface area contributed by atoms with Crippen LogP contribution >= 0.6 is 11.3 Å². The van der Waals surface area contributed by atoms with Crippen LogP contribution in [0.5, 0.6) is 0 Å². The molecule has 2 nitrogen and oxygen atoms in total. The summed E-state index contributed by atoms with van der Waals surface area (Å²) >= 11 is 1.71. The van der Waals surface area contributed by atoms with Crippen LogP contribution in [0, 0.1) is 0 Å². The van der Waals surface area contributed by atoms with E-state index >= 15 is 0 Å². The van der Waals surface area contributed by atoms with E-state index in [-0.39, 0.29) is 6.04 Å². The monoisotopic (exact) mass is 240 g/mol. The Morgan fingerprint density at radius 3 is 2.62 bits per heavy atom. The highest BCUT2D eigenvalue weighted by Crippen LogP contribution is 2.24. The zero-order chi connectivity index (χ0) is 12.0. The minimum atomic E-state index is 0.148. The first-order valence-corrected chi connectivity index (χ1v) is 7.24. The average Bonchev–Trinajstić information content (AvgIpc) is 2.73. The largest absolute Gasteiger partial charge is 0.322 e. The van der Waals surface area contributed by atoms with Crippen LogP contribution in [0.1, 0.15) is 75.5 Å².